The molecule has 1 aliphatic rings. The lowest BCUT2D eigenvalue weighted by Gasteiger charge is -2.06. The monoisotopic (exact) mass is 337 g/mol. The maximum Gasteiger partial charge on any atom is 0.307 e. The second-order valence-electron chi connectivity index (χ2n) is 6.58. The number of aromatic nitrogens is 1. The average Bonchev–Trinajstić information content (AvgIpc) is 3.18. The molecule has 0 atom stereocenters. The summed E-state index contributed by atoms with van der Waals surface area (Å²) in [5, 5.41) is 10.4. The minimum Gasteiger partial charge on any atom is -0.481 e. The number of aromatic amines is 1. The lowest BCUT2D eigenvalue weighted by molar-refractivity contribution is -0.136. The van der Waals surface area contributed by atoms with Crippen LogP contribution in [0.3, 0.4) is 0 Å². The first-order valence-corrected chi connectivity index (χ1v) is 8.29. The number of ether oxygens (including phenoxy) is 2. The Bertz CT molecular complexity index is 971. The van der Waals surface area contributed by atoms with Crippen molar-refractivity contribution in [3.8, 4) is 22.8 Å². The fraction of sp³-hybridized carbons (Fsp3) is 0.250. The molecule has 128 valence electrons. The number of carbonyl (C=O) groups is 1. The molecule has 1 aromatic heterocycles. The minimum atomic E-state index is -0.849. The molecule has 0 saturated heterocycles. The Morgan fingerprint density at radius 2 is 1.96 bits per heavy atom. The van der Waals surface area contributed by atoms with E-state index in [1.807, 2.05) is 24.3 Å². The zero-order valence-corrected chi connectivity index (χ0v) is 14.1. The van der Waals surface area contributed by atoms with Crippen molar-refractivity contribution in [1.82, 2.24) is 4.98 Å². The van der Waals surface area contributed by atoms with E-state index in [0.29, 0.717) is 17.4 Å². The maximum atomic E-state index is 11.4. The topological polar surface area (TPSA) is 71.5 Å². The van der Waals surface area contributed by atoms with Gasteiger partial charge in [-0.25, -0.2) is 0 Å². The Balaban J connectivity index is 1.91. The number of hydrogen-bond donors (Lipinski definition) is 2. The SMILES string of the molecule is CC(C)c1ccc2[nH]c(-c3ccc4c(c3)OCO4)c(CC(=O)O)c2c1. The van der Waals surface area contributed by atoms with Crippen LogP contribution in [0.15, 0.2) is 36.4 Å². The smallest absolute Gasteiger partial charge is 0.307 e. The maximum absolute atomic E-state index is 11.4. The van der Waals surface area contributed by atoms with Gasteiger partial charge in [-0.2, -0.15) is 0 Å². The van der Waals surface area contributed by atoms with Gasteiger partial charge in [-0.15, -0.1) is 0 Å². The molecule has 1 aliphatic heterocycles. The summed E-state index contributed by atoms with van der Waals surface area (Å²) in [6, 6.07) is 11.9. The van der Waals surface area contributed by atoms with Crippen LogP contribution in [0.2, 0.25) is 0 Å². The van der Waals surface area contributed by atoms with E-state index in [-0.39, 0.29) is 13.2 Å². The second-order valence-corrected chi connectivity index (χ2v) is 6.58. The van der Waals surface area contributed by atoms with Crippen LogP contribution in [0, 0.1) is 0 Å². The highest BCUT2D eigenvalue weighted by Gasteiger charge is 2.20. The van der Waals surface area contributed by atoms with Crippen LogP contribution in [0.4, 0.5) is 0 Å². The van der Waals surface area contributed by atoms with Crippen molar-refractivity contribution in [1.29, 1.82) is 0 Å². The molecule has 3 aromatic rings. The van der Waals surface area contributed by atoms with Gasteiger partial charge in [0, 0.05) is 16.5 Å². The van der Waals surface area contributed by atoms with Gasteiger partial charge in [-0.05, 0) is 47.4 Å². The first-order valence-electron chi connectivity index (χ1n) is 8.29. The Morgan fingerprint density at radius 3 is 2.72 bits per heavy atom. The number of carboxylic acids is 1. The van der Waals surface area contributed by atoms with Gasteiger partial charge in [0.15, 0.2) is 11.5 Å². The summed E-state index contributed by atoms with van der Waals surface area (Å²) in [7, 11) is 0. The third-order valence-corrected chi connectivity index (χ3v) is 4.59. The molecule has 0 bridgehead atoms. The molecule has 2 aromatic carbocycles. The highest BCUT2D eigenvalue weighted by Crippen LogP contribution is 2.38. The van der Waals surface area contributed by atoms with E-state index in [1.165, 1.54) is 5.56 Å². The van der Waals surface area contributed by atoms with Crippen molar-refractivity contribution in [2.75, 3.05) is 6.79 Å². The lowest BCUT2D eigenvalue weighted by atomic mass is 9.97. The molecule has 0 aliphatic carbocycles. The summed E-state index contributed by atoms with van der Waals surface area (Å²) >= 11 is 0. The average molecular weight is 337 g/mol. The third-order valence-electron chi connectivity index (χ3n) is 4.59. The quantitative estimate of drug-likeness (QED) is 0.744. The Hall–Kier alpha value is -2.95. The van der Waals surface area contributed by atoms with Crippen LogP contribution in [0.1, 0.15) is 30.9 Å². The number of nitrogens with one attached hydrogen (secondary N) is 1. The van der Waals surface area contributed by atoms with Crippen LogP contribution in [-0.2, 0) is 11.2 Å². The number of aliphatic carboxylic acids is 1. The molecular weight excluding hydrogens is 318 g/mol. The number of hydrogen-bond acceptors (Lipinski definition) is 3. The first-order chi connectivity index (χ1) is 12.0. The predicted molar refractivity (Wildman–Crippen MR) is 95.3 cm³/mol. The Labute approximate surface area is 145 Å². The molecule has 0 amide bonds. The standard InChI is InChI=1S/C20H19NO4/c1-11(2)12-3-5-16-14(7-12)15(9-19(22)23)20(21-16)13-4-6-17-18(8-13)25-10-24-17/h3-8,11,21H,9-10H2,1-2H3,(H,22,23). The summed E-state index contributed by atoms with van der Waals surface area (Å²) in [5.41, 5.74) is 4.63. The van der Waals surface area contributed by atoms with E-state index >= 15 is 0 Å². The van der Waals surface area contributed by atoms with Gasteiger partial charge in [0.1, 0.15) is 0 Å². The summed E-state index contributed by atoms with van der Waals surface area (Å²) in [4.78, 5) is 14.8. The Morgan fingerprint density at radius 1 is 1.16 bits per heavy atom. The number of fused-ring (bicyclic) bond motifs is 2. The van der Waals surface area contributed by atoms with E-state index in [4.69, 9.17) is 9.47 Å². The van der Waals surface area contributed by atoms with Gasteiger partial charge in [0.05, 0.1) is 12.1 Å². The molecular formula is C20H19NO4. The number of H-pyrrole nitrogens is 1. The van der Waals surface area contributed by atoms with E-state index < -0.39 is 5.97 Å². The van der Waals surface area contributed by atoms with Crippen LogP contribution in [-0.4, -0.2) is 22.9 Å². The van der Waals surface area contributed by atoms with Crippen molar-refractivity contribution in [2.45, 2.75) is 26.2 Å². The van der Waals surface area contributed by atoms with Gasteiger partial charge in [0.2, 0.25) is 6.79 Å². The highest BCUT2D eigenvalue weighted by molar-refractivity contribution is 5.94. The molecule has 5 nitrogen and oxygen atoms in total. The normalized spacial score (nSPS) is 12.9. The van der Waals surface area contributed by atoms with E-state index in [1.54, 1.807) is 0 Å². The first kappa shape index (κ1) is 15.6. The zero-order chi connectivity index (χ0) is 17.6. The number of rotatable bonds is 4. The molecule has 25 heavy (non-hydrogen) atoms. The fourth-order valence-corrected chi connectivity index (χ4v) is 3.26. The summed E-state index contributed by atoms with van der Waals surface area (Å²) in [5.74, 6) is 0.922. The third kappa shape index (κ3) is 2.71. The largest absolute Gasteiger partial charge is 0.481 e. The molecule has 0 saturated carbocycles. The van der Waals surface area contributed by atoms with E-state index in [9.17, 15) is 9.90 Å². The minimum absolute atomic E-state index is 0.0364. The van der Waals surface area contributed by atoms with Gasteiger partial charge in [-0.3, -0.25) is 4.79 Å². The van der Waals surface area contributed by atoms with Crippen LogP contribution in [0.5, 0.6) is 11.5 Å². The van der Waals surface area contributed by atoms with Gasteiger partial charge in [-0.1, -0.05) is 19.9 Å². The second kappa shape index (κ2) is 5.84. The van der Waals surface area contributed by atoms with Crippen molar-refractivity contribution in [3.05, 3.63) is 47.5 Å². The molecule has 0 spiro atoms. The molecule has 4 rings (SSSR count). The van der Waals surface area contributed by atoms with Crippen molar-refractivity contribution >= 4 is 16.9 Å². The van der Waals surface area contributed by atoms with Crippen molar-refractivity contribution < 1.29 is 19.4 Å². The predicted octanol–water partition coefficient (Wildman–Crippen LogP) is 4.31. The number of benzene rings is 2. The van der Waals surface area contributed by atoms with Crippen molar-refractivity contribution in [3.63, 3.8) is 0 Å². The lowest BCUT2D eigenvalue weighted by Crippen LogP contribution is -2.01. The number of carboxylic acid groups (broad SMARTS) is 1. The Kier molecular flexibility index (Phi) is 3.64. The van der Waals surface area contributed by atoms with Gasteiger partial charge < -0.3 is 19.6 Å². The molecule has 0 radical (unpaired) electrons. The fourth-order valence-electron chi connectivity index (χ4n) is 3.26. The zero-order valence-electron chi connectivity index (χ0n) is 14.1. The molecule has 0 fully saturated rings. The van der Waals surface area contributed by atoms with E-state index in [2.05, 4.69) is 31.0 Å². The summed E-state index contributed by atoms with van der Waals surface area (Å²) in [6.45, 7) is 4.47. The summed E-state index contributed by atoms with van der Waals surface area (Å²) in [6.07, 6.45) is -0.0364. The molecule has 0 unspecified atom stereocenters. The molecule has 5 heteroatoms. The molecule has 2 heterocycles. The van der Waals surface area contributed by atoms with Crippen LogP contribution < -0.4 is 9.47 Å². The molecule has 2 N–H and O–H groups in total. The highest BCUT2D eigenvalue weighted by atomic mass is 16.7. The van der Waals surface area contributed by atoms with Crippen LogP contribution in [0.25, 0.3) is 22.2 Å². The van der Waals surface area contributed by atoms with Gasteiger partial charge in [0.25, 0.3) is 0 Å². The summed E-state index contributed by atoms with van der Waals surface area (Å²) < 4.78 is 10.8. The van der Waals surface area contributed by atoms with Crippen LogP contribution >= 0.6 is 0 Å². The van der Waals surface area contributed by atoms with E-state index in [0.717, 1.165) is 27.7 Å². The van der Waals surface area contributed by atoms with Gasteiger partial charge >= 0.3 is 5.97 Å². The van der Waals surface area contributed by atoms with Crippen molar-refractivity contribution in [2.24, 2.45) is 0 Å².